The van der Waals surface area contributed by atoms with Crippen molar-refractivity contribution in [2.75, 3.05) is 6.61 Å². The monoisotopic (exact) mass is 196 g/mol. The van der Waals surface area contributed by atoms with Gasteiger partial charge in [-0.25, -0.2) is 0 Å². The number of aliphatic hydroxyl groups is 2. The Kier molecular flexibility index (Phi) is 2.79. The molecule has 0 bridgehead atoms. The third-order valence-electron chi connectivity index (χ3n) is 2.11. The highest BCUT2D eigenvalue weighted by molar-refractivity contribution is 5.16. The van der Waals surface area contributed by atoms with Crippen molar-refractivity contribution in [3.8, 4) is 0 Å². The minimum atomic E-state index is -1.48. The SMILES string of the molecule is OC(O)[C@@H]1COC(c2ccccc2)O1. The highest BCUT2D eigenvalue weighted by Gasteiger charge is 2.31. The molecule has 1 saturated heterocycles. The van der Waals surface area contributed by atoms with E-state index in [1.807, 2.05) is 30.3 Å². The molecule has 1 fully saturated rings. The largest absolute Gasteiger partial charge is 0.366 e. The van der Waals surface area contributed by atoms with Gasteiger partial charge in [-0.15, -0.1) is 0 Å². The smallest absolute Gasteiger partial charge is 0.184 e. The molecule has 1 aliphatic heterocycles. The number of hydrogen-bond donors (Lipinski definition) is 2. The summed E-state index contributed by atoms with van der Waals surface area (Å²) in [6, 6.07) is 9.40. The summed E-state index contributed by atoms with van der Waals surface area (Å²) in [6.45, 7) is 0.206. The maximum Gasteiger partial charge on any atom is 0.184 e. The van der Waals surface area contributed by atoms with Gasteiger partial charge < -0.3 is 19.7 Å². The van der Waals surface area contributed by atoms with E-state index in [2.05, 4.69) is 0 Å². The molecule has 76 valence electrons. The lowest BCUT2D eigenvalue weighted by atomic mass is 10.2. The zero-order valence-corrected chi connectivity index (χ0v) is 7.54. The van der Waals surface area contributed by atoms with Gasteiger partial charge in [-0.3, -0.25) is 0 Å². The van der Waals surface area contributed by atoms with Crippen molar-refractivity contribution in [3.05, 3.63) is 35.9 Å². The third-order valence-corrected chi connectivity index (χ3v) is 2.11. The molecule has 0 amide bonds. The van der Waals surface area contributed by atoms with Gasteiger partial charge in [-0.05, 0) is 0 Å². The molecule has 0 spiro atoms. The van der Waals surface area contributed by atoms with Crippen LogP contribution in [0, 0.1) is 0 Å². The first-order chi connectivity index (χ1) is 6.77. The Hall–Kier alpha value is -0.940. The Balaban J connectivity index is 2.03. The van der Waals surface area contributed by atoms with Crippen LogP contribution in [0.1, 0.15) is 11.9 Å². The molecule has 1 unspecified atom stereocenters. The molecule has 4 heteroatoms. The molecule has 2 rings (SSSR count). The van der Waals surface area contributed by atoms with Crippen LogP contribution in [-0.2, 0) is 9.47 Å². The van der Waals surface area contributed by atoms with E-state index in [-0.39, 0.29) is 6.61 Å². The first-order valence-electron chi connectivity index (χ1n) is 4.45. The molecule has 0 radical (unpaired) electrons. The minimum Gasteiger partial charge on any atom is -0.366 e. The zero-order valence-electron chi connectivity index (χ0n) is 7.54. The molecular weight excluding hydrogens is 184 g/mol. The number of aliphatic hydroxyl groups excluding tert-OH is 1. The van der Waals surface area contributed by atoms with Gasteiger partial charge in [0.2, 0.25) is 0 Å². The predicted octanol–water partition coefficient (Wildman–Crippen LogP) is 0.411. The van der Waals surface area contributed by atoms with Gasteiger partial charge in [0, 0.05) is 5.56 Å². The number of benzene rings is 1. The summed E-state index contributed by atoms with van der Waals surface area (Å²) in [6.07, 6.45) is -2.62. The summed E-state index contributed by atoms with van der Waals surface area (Å²) >= 11 is 0. The second-order valence-corrected chi connectivity index (χ2v) is 3.16. The van der Waals surface area contributed by atoms with Gasteiger partial charge in [-0.1, -0.05) is 30.3 Å². The number of rotatable bonds is 2. The maximum absolute atomic E-state index is 8.87. The van der Waals surface area contributed by atoms with Gasteiger partial charge >= 0.3 is 0 Å². The van der Waals surface area contributed by atoms with Crippen molar-refractivity contribution >= 4 is 0 Å². The van der Waals surface area contributed by atoms with Crippen molar-refractivity contribution in [2.24, 2.45) is 0 Å². The van der Waals surface area contributed by atoms with Gasteiger partial charge in [0.15, 0.2) is 12.6 Å². The fourth-order valence-corrected chi connectivity index (χ4v) is 1.36. The van der Waals surface area contributed by atoms with Crippen LogP contribution in [0.5, 0.6) is 0 Å². The average molecular weight is 196 g/mol. The molecule has 2 atom stereocenters. The summed E-state index contributed by atoms with van der Waals surface area (Å²) < 4.78 is 10.6. The summed E-state index contributed by atoms with van der Waals surface area (Å²) in [5.74, 6) is 0. The molecule has 1 heterocycles. The van der Waals surface area contributed by atoms with Gasteiger partial charge in [0.1, 0.15) is 6.10 Å². The van der Waals surface area contributed by atoms with E-state index in [4.69, 9.17) is 19.7 Å². The fourth-order valence-electron chi connectivity index (χ4n) is 1.36. The van der Waals surface area contributed by atoms with Crippen molar-refractivity contribution in [3.63, 3.8) is 0 Å². The van der Waals surface area contributed by atoms with Crippen molar-refractivity contribution in [1.29, 1.82) is 0 Å². The van der Waals surface area contributed by atoms with E-state index in [1.165, 1.54) is 0 Å². The van der Waals surface area contributed by atoms with Crippen LogP contribution in [-0.4, -0.2) is 29.2 Å². The number of hydrogen-bond acceptors (Lipinski definition) is 4. The lowest BCUT2D eigenvalue weighted by Gasteiger charge is -2.12. The number of ether oxygens (including phenoxy) is 2. The lowest BCUT2D eigenvalue weighted by Crippen LogP contribution is -2.27. The summed E-state index contributed by atoms with van der Waals surface area (Å²) in [4.78, 5) is 0. The van der Waals surface area contributed by atoms with Gasteiger partial charge in [0.05, 0.1) is 6.61 Å². The molecule has 4 nitrogen and oxygen atoms in total. The highest BCUT2D eigenvalue weighted by Crippen LogP contribution is 2.27. The molecule has 0 saturated carbocycles. The Labute approximate surface area is 81.7 Å². The molecule has 1 aromatic rings. The van der Waals surface area contributed by atoms with Crippen LogP contribution in [0.15, 0.2) is 30.3 Å². The Morgan fingerprint density at radius 3 is 2.50 bits per heavy atom. The Morgan fingerprint density at radius 1 is 1.21 bits per heavy atom. The summed E-state index contributed by atoms with van der Waals surface area (Å²) in [5.41, 5.74) is 0.885. The van der Waals surface area contributed by atoms with E-state index in [0.717, 1.165) is 5.56 Å². The highest BCUT2D eigenvalue weighted by atomic mass is 16.7. The molecule has 14 heavy (non-hydrogen) atoms. The summed E-state index contributed by atoms with van der Waals surface area (Å²) in [7, 11) is 0. The fraction of sp³-hybridized carbons (Fsp3) is 0.400. The van der Waals surface area contributed by atoms with Gasteiger partial charge in [-0.2, -0.15) is 0 Å². The molecule has 1 aromatic carbocycles. The minimum absolute atomic E-state index is 0.206. The Morgan fingerprint density at radius 2 is 1.93 bits per heavy atom. The van der Waals surface area contributed by atoms with E-state index < -0.39 is 18.7 Å². The van der Waals surface area contributed by atoms with Crippen LogP contribution < -0.4 is 0 Å². The van der Waals surface area contributed by atoms with Crippen LogP contribution in [0.25, 0.3) is 0 Å². The van der Waals surface area contributed by atoms with Crippen LogP contribution in [0.4, 0.5) is 0 Å². The van der Waals surface area contributed by atoms with E-state index >= 15 is 0 Å². The van der Waals surface area contributed by atoms with Crippen LogP contribution >= 0.6 is 0 Å². The molecule has 1 aliphatic rings. The average Bonchev–Trinajstić information content (AvgIpc) is 2.68. The first-order valence-corrected chi connectivity index (χ1v) is 4.45. The van der Waals surface area contributed by atoms with Crippen LogP contribution in [0.3, 0.4) is 0 Å². The van der Waals surface area contributed by atoms with Crippen molar-refractivity contribution in [1.82, 2.24) is 0 Å². The second kappa shape index (κ2) is 4.06. The molecular formula is C10H12O4. The quantitative estimate of drug-likeness (QED) is 0.673. The van der Waals surface area contributed by atoms with Crippen molar-refractivity contribution in [2.45, 2.75) is 18.7 Å². The standard InChI is InChI=1S/C10H12O4/c11-9(12)8-6-13-10(14-8)7-4-2-1-3-5-7/h1-5,8-12H,6H2/t8-,10?/m0/s1. The van der Waals surface area contributed by atoms with E-state index in [0.29, 0.717) is 0 Å². The molecule has 0 aliphatic carbocycles. The van der Waals surface area contributed by atoms with Crippen LogP contribution in [0.2, 0.25) is 0 Å². The predicted molar refractivity (Wildman–Crippen MR) is 48.2 cm³/mol. The van der Waals surface area contributed by atoms with E-state index in [9.17, 15) is 0 Å². The normalized spacial score (nSPS) is 27.1. The lowest BCUT2D eigenvalue weighted by molar-refractivity contribution is -0.147. The molecule has 2 N–H and O–H groups in total. The summed E-state index contributed by atoms with van der Waals surface area (Å²) in [5, 5.41) is 17.7. The molecule has 0 aromatic heterocycles. The van der Waals surface area contributed by atoms with Gasteiger partial charge in [0.25, 0.3) is 0 Å². The second-order valence-electron chi connectivity index (χ2n) is 3.16. The van der Waals surface area contributed by atoms with Crippen molar-refractivity contribution < 1.29 is 19.7 Å². The first kappa shape index (κ1) is 9.61. The van der Waals surface area contributed by atoms with E-state index in [1.54, 1.807) is 0 Å². The Bertz CT molecular complexity index is 285. The maximum atomic E-state index is 8.87. The zero-order chi connectivity index (χ0) is 9.97. The topological polar surface area (TPSA) is 58.9 Å². The third kappa shape index (κ3) is 1.93.